The minimum atomic E-state index is 0.0800. The van der Waals surface area contributed by atoms with Crippen LogP contribution in [0.3, 0.4) is 0 Å². The number of nitrogens with one attached hydrogen (secondary N) is 2. The molecule has 1 unspecified atom stereocenters. The first-order valence-electron chi connectivity index (χ1n) is 5.31. The van der Waals surface area contributed by atoms with Gasteiger partial charge in [-0.3, -0.25) is 4.79 Å². The van der Waals surface area contributed by atoms with E-state index in [2.05, 4.69) is 10.6 Å². The van der Waals surface area contributed by atoms with Crippen molar-refractivity contribution in [1.82, 2.24) is 10.6 Å². The van der Waals surface area contributed by atoms with E-state index in [1.54, 1.807) is 0 Å². The summed E-state index contributed by atoms with van der Waals surface area (Å²) in [4.78, 5) is 11.3. The van der Waals surface area contributed by atoms with Crippen LogP contribution in [0.1, 0.15) is 33.1 Å². The van der Waals surface area contributed by atoms with E-state index >= 15 is 0 Å². The lowest BCUT2D eigenvalue weighted by atomic mass is 10.2. The number of carbonyl (C=O) groups excluding carboxylic acids is 1. The van der Waals surface area contributed by atoms with Crippen LogP contribution in [-0.2, 0) is 4.79 Å². The molecule has 4 nitrogen and oxygen atoms in total. The van der Waals surface area contributed by atoms with Gasteiger partial charge in [-0.25, -0.2) is 0 Å². The van der Waals surface area contributed by atoms with Gasteiger partial charge in [-0.15, -0.1) is 0 Å². The minimum absolute atomic E-state index is 0.0800. The van der Waals surface area contributed by atoms with E-state index in [4.69, 9.17) is 5.11 Å². The van der Waals surface area contributed by atoms with Crippen molar-refractivity contribution >= 4 is 5.91 Å². The Labute approximate surface area is 86.1 Å². The van der Waals surface area contributed by atoms with Crippen LogP contribution >= 0.6 is 0 Å². The molecule has 0 aliphatic rings. The molecular weight excluding hydrogens is 180 g/mol. The van der Waals surface area contributed by atoms with Crippen LogP contribution in [-0.4, -0.2) is 36.8 Å². The van der Waals surface area contributed by atoms with Crippen LogP contribution in [0, 0.1) is 0 Å². The largest absolute Gasteiger partial charge is 0.396 e. The van der Waals surface area contributed by atoms with Crippen molar-refractivity contribution in [2.75, 3.05) is 19.7 Å². The highest BCUT2D eigenvalue weighted by atomic mass is 16.2. The van der Waals surface area contributed by atoms with Gasteiger partial charge in [0.25, 0.3) is 0 Å². The summed E-state index contributed by atoms with van der Waals surface area (Å²) in [6, 6.07) is 0.234. The summed E-state index contributed by atoms with van der Waals surface area (Å²) < 4.78 is 0. The molecule has 0 bridgehead atoms. The molecule has 0 spiro atoms. The number of rotatable bonds is 8. The summed E-state index contributed by atoms with van der Waals surface area (Å²) in [5, 5.41) is 14.5. The molecule has 4 heteroatoms. The maximum Gasteiger partial charge on any atom is 0.221 e. The third-order valence-electron chi connectivity index (χ3n) is 1.95. The quantitative estimate of drug-likeness (QED) is 0.495. The first-order valence-corrected chi connectivity index (χ1v) is 5.31. The van der Waals surface area contributed by atoms with E-state index in [1.807, 2.05) is 13.8 Å². The zero-order valence-electron chi connectivity index (χ0n) is 9.18. The Bertz CT molecular complexity index is 151. The van der Waals surface area contributed by atoms with E-state index in [0.29, 0.717) is 13.0 Å². The molecule has 0 heterocycles. The molecule has 14 heavy (non-hydrogen) atoms. The van der Waals surface area contributed by atoms with Crippen LogP contribution in [0.25, 0.3) is 0 Å². The molecule has 0 aliphatic heterocycles. The maximum absolute atomic E-state index is 11.3. The molecule has 0 saturated heterocycles. The number of aliphatic hydroxyl groups excluding tert-OH is 1. The minimum Gasteiger partial charge on any atom is -0.396 e. The van der Waals surface area contributed by atoms with Gasteiger partial charge in [0.05, 0.1) is 0 Å². The molecule has 0 aliphatic carbocycles. The van der Waals surface area contributed by atoms with Gasteiger partial charge in [0.2, 0.25) is 5.91 Å². The van der Waals surface area contributed by atoms with Crippen molar-refractivity contribution in [1.29, 1.82) is 0 Å². The molecule has 0 saturated carbocycles. The molecule has 0 aromatic carbocycles. The van der Waals surface area contributed by atoms with Crippen LogP contribution in [0.5, 0.6) is 0 Å². The van der Waals surface area contributed by atoms with Crippen molar-refractivity contribution < 1.29 is 9.90 Å². The molecular formula is C10H22N2O2. The monoisotopic (exact) mass is 202 g/mol. The first-order chi connectivity index (χ1) is 6.70. The van der Waals surface area contributed by atoms with Crippen molar-refractivity contribution in [2.24, 2.45) is 0 Å². The van der Waals surface area contributed by atoms with Gasteiger partial charge >= 0.3 is 0 Å². The lowest BCUT2D eigenvalue weighted by molar-refractivity contribution is -0.121. The fraction of sp³-hybridized carbons (Fsp3) is 0.900. The molecule has 1 amide bonds. The predicted octanol–water partition coefficient (Wildman–Crippen LogP) is 0.263. The molecule has 3 N–H and O–H groups in total. The van der Waals surface area contributed by atoms with Crippen molar-refractivity contribution in [3.63, 3.8) is 0 Å². The Morgan fingerprint density at radius 2 is 2.14 bits per heavy atom. The zero-order chi connectivity index (χ0) is 10.8. The van der Waals surface area contributed by atoms with E-state index in [-0.39, 0.29) is 18.6 Å². The highest BCUT2D eigenvalue weighted by Crippen LogP contribution is 1.91. The molecule has 0 radical (unpaired) electrons. The van der Waals surface area contributed by atoms with E-state index in [1.165, 1.54) is 0 Å². The van der Waals surface area contributed by atoms with Gasteiger partial charge in [-0.1, -0.05) is 6.92 Å². The summed E-state index contributed by atoms with van der Waals surface area (Å²) in [5.41, 5.74) is 0. The highest BCUT2D eigenvalue weighted by Gasteiger charge is 2.06. The maximum atomic E-state index is 11.3. The molecule has 0 rings (SSSR count). The van der Waals surface area contributed by atoms with Crippen LogP contribution < -0.4 is 10.6 Å². The Morgan fingerprint density at radius 1 is 1.43 bits per heavy atom. The molecule has 0 aromatic heterocycles. The van der Waals surface area contributed by atoms with Crippen LogP contribution in [0.4, 0.5) is 0 Å². The third kappa shape index (κ3) is 8.01. The lowest BCUT2D eigenvalue weighted by Gasteiger charge is -2.11. The summed E-state index contributed by atoms with van der Waals surface area (Å²) in [5.74, 6) is 0.0800. The molecule has 0 fully saturated rings. The summed E-state index contributed by atoms with van der Waals surface area (Å²) in [6.07, 6.45) is 2.12. The van der Waals surface area contributed by atoms with Crippen LogP contribution in [0.15, 0.2) is 0 Å². The van der Waals surface area contributed by atoms with E-state index < -0.39 is 0 Å². The van der Waals surface area contributed by atoms with Crippen LogP contribution in [0.2, 0.25) is 0 Å². The second kappa shape index (κ2) is 8.97. The second-order valence-corrected chi connectivity index (χ2v) is 3.44. The molecule has 0 aromatic rings. The number of hydrogen-bond donors (Lipinski definition) is 3. The number of hydrogen-bond acceptors (Lipinski definition) is 3. The highest BCUT2D eigenvalue weighted by molar-refractivity contribution is 5.76. The van der Waals surface area contributed by atoms with Gasteiger partial charge in [0, 0.05) is 25.6 Å². The number of unbranched alkanes of at least 4 members (excludes halogenated alkanes) is 1. The number of amides is 1. The zero-order valence-corrected chi connectivity index (χ0v) is 9.18. The number of carbonyl (C=O) groups is 1. The third-order valence-corrected chi connectivity index (χ3v) is 1.95. The summed E-state index contributed by atoms with van der Waals surface area (Å²) in [7, 11) is 0. The smallest absolute Gasteiger partial charge is 0.221 e. The van der Waals surface area contributed by atoms with E-state index in [9.17, 15) is 4.79 Å². The van der Waals surface area contributed by atoms with Gasteiger partial charge < -0.3 is 15.7 Å². The average molecular weight is 202 g/mol. The van der Waals surface area contributed by atoms with Crippen molar-refractivity contribution in [3.05, 3.63) is 0 Å². The van der Waals surface area contributed by atoms with Crippen molar-refractivity contribution in [2.45, 2.75) is 39.2 Å². The molecule has 1 atom stereocenters. The Morgan fingerprint density at radius 3 is 2.71 bits per heavy atom. The first kappa shape index (κ1) is 13.4. The van der Waals surface area contributed by atoms with Gasteiger partial charge in [0.1, 0.15) is 0 Å². The Hall–Kier alpha value is -0.610. The van der Waals surface area contributed by atoms with Gasteiger partial charge in [-0.2, -0.15) is 0 Å². The van der Waals surface area contributed by atoms with Gasteiger partial charge in [0.15, 0.2) is 0 Å². The number of aliphatic hydroxyl groups is 1. The summed E-state index contributed by atoms with van der Waals surface area (Å²) >= 11 is 0. The van der Waals surface area contributed by atoms with Crippen molar-refractivity contribution in [3.8, 4) is 0 Å². The SMILES string of the molecule is CCNC(C)CC(=O)NCCCCO. The van der Waals surface area contributed by atoms with E-state index in [0.717, 1.165) is 19.4 Å². The standard InChI is InChI=1S/C10H22N2O2/c1-3-11-9(2)8-10(14)12-6-4-5-7-13/h9,11,13H,3-8H2,1-2H3,(H,12,14). The lowest BCUT2D eigenvalue weighted by Crippen LogP contribution is -2.34. The Kier molecular flexibility index (Phi) is 8.57. The van der Waals surface area contributed by atoms with Gasteiger partial charge in [-0.05, 0) is 26.3 Å². The molecule has 84 valence electrons. The summed E-state index contributed by atoms with van der Waals surface area (Å²) in [6.45, 7) is 5.77. The fourth-order valence-electron chi connectivity index (χ4n) is 1.24. The topological polar surface area (TPSA) is 61.4 Å². The Balaban J connectivity index is 3.35. The normalized spacial score (nSPS) is 12.5. The fourth-order valence-corrected chi connectivity index (χ4v) is 1.24. The second-order valence-electron chi connectivity index (χ2n) is 3.44. The predicted molar refractivity (Wildman–Crippen MR) is 57.1 cm³/mol. The average Bonchev–Trinajstić information content (AvgIpc) is 2.13.